The van der Waals surface area contributed by atoms with Crippen LogP contribution in [0.3, 0.4) is 0 Å². The minimum Gasteiger partial charge on any atom is -0.354 e. The number of carbonyl (C=O) groups is 1. The summed E-state index contributed by atoms with van der Waals surface area (Å²) in [6, 6.07) is 0.886. The Morgan fingerprint density at radius 2 is 1.94 bits per heavy atom. The monoisotopic (exact) mass is 241 g/mol. The van der Waals surface area contributed by atoms with E-state index >= 15 is 0 Å². The Hall–Kier alpha value is -0.610. The Balaban J connectivity index is 2.29. The van der Waals surface area contributed by atoms with E-state index in [0.717, 1.165) is 0 Å². The Labute approximate surface area is 105 Å². The molecule has 1 rings (SSSR count). The van der Waals surface area contributed by atoms with E-state index in [0.29, 0.717) is 19.0 Å². The van der Waals surface area contributed by atoms with Crippen molar-refractivity contribution < 1.29 is 4.79 Å². The molecule has 1 fully saturated rings. The molecule has 100 valence electrons. The molecule has 0 aromatic rings. The smallest absolute Gasteiger partial charge is 0.221 e. The molecule has 4 N–H and O–H groups in total. The SMILES string of the molecule is CC(C)NC(=O)CC(CN)NC1CCCCC1. The highest BCUT2D eigenvalue weighted by atomic mass is 16.1. The third-order valence-electron chi connectivity index (χ3n) is 3.24. The summed E-state index contributed by atoms with van der Waals surface area (Å²) >= 11 is 0. The molecule has 1 saturated carbocycles. The first-order valence-corrected chi connectivity index (χ1v) is 6.87. The zero-order valence-electron chi connectivity index (χ0n) is 11.2. The van der Waals surface area contributed by atoms with E-state index in [1.165, 1.54) is 32.1 Å². The van der Waals surface area contributed by atoms with Crippen LogP contribution in [-0.4, -0.2) is 30.6 Å². The van der Waals surface area contributed by atoms with Gasteiger partial charge in [0.05, 0.1) is 0 Å². The first-order chi connectivity index (χ1) is 8.11. The van der Waals surface area contributed by atoms with Gasteiger partial charge in [-0.05, 0) is 26.7 Å². The number of hydrogen-bond acceptors (Lipinski definition) is 3. The number of nitrogens with one attached hydrogen (secondary N) is 2. The normalized spacial score (nSPS) is 19.3. The van der Waals surface area contributed by atoms with Gasteiger partial charge in [0.2, 0.25) is 5.91 Å². The average molecular weight is 241 g/mol. The van der Waals surface area contributed by atoms with Crippen LogP contribution in [0.4, 0.5) is 0 Å². The van der Waals surface area contributed by atoms with Gasteiger partial charge >= 0.3 is 0 Å². The molecule has 0 heterocycles. The van der Waals surface area contributed by atoms with Gasteiger partial charge in [-0.15, -0.1) is 0 Å². The number of nitrogens with two attached hydrogens (primary N) is 1. The zero-order chi connectivity index (χ0) is 12.7. The molecule has 0 bridgehead atoms. The molecule has 0 aromatic carbocycles. The van der Waals surface area contributed by atoms with Crippen LogP contribution in [0.25, 0.3) is 0 Å². The van der Waals surface area contributed by atoms with Crippen LogP contribution in [0, 0.1) is 0 Å². The van der Waals surface area contributed by atoms with Crippen molar-refractivity contribution in [1.29, 1.82) is 0 Å². The third kappa shape index (κ3) is 6.03. The summed E-state index contributed by atoms with van der Waals surface area (Å²) in [6.07, 6.45) is 6.88. The van der Waals surface area contributed by atoms with Crippen molar-refractivity contribution in [3.8, 4) is 0 Å². The van der Waals surface area contributed by atoms with Crippen molar-refractivity contribution in [1.82, 2.24) is 10.6 Å². The standard InChI is InChI=1S/C13H27N3O/c1-10(2)15-13(17)8-12(9-14)16-11-6-4-3-5-7-11/h10-12,16H,3-9,14H2,1-2H3,(H,15,17). The van der Waals surface area contributed by atoms with E-state index in [4.69, 9.17) is 5.73 Å². The lowest BCUT2D eigenvalue weighted by Gasteiger charge is -2.27. The third-order valence-corrected chi connectivity index (χ3v) is 3.24. The van der Waals surface area contributed by atoms with Crippen molar-refractivity contribution in [2.45, 2.75) is 70.5 Å². The van der Waals surface area contributed by atoms with Crippen LogP contribution in [0.5, 0.6) is 0 Å². The van der Waals surface area contributed by atoms with Gasteiger partial charge in [0, 0.05) is 31.1 Å². The predicted octanol–water partition coefficient (Wildman–Crippen LogP) is 1.15. The van der Waals surface area contributed by atoms with Gasteiger partial charge in [-0.2, -0.15) is 0 Å². The predicted molar refractivity (Wildman–Crippen MR) is 70.7 cm³/mol. The maximum atomic E-state index is 11.7. The van der Waals surface area contributed by atoms with Gasteiger partial charge in [0.15, 0.2) is 0 Å². The summed E-state index contributed by atoms with van der Waals surface area (Å²) in [5.41, 5.74) is 5.73. The number of rotatable bonds is 6. The Morgan fingerprint density at radius 1 is 1.29 bits per heavy atom. The first kappa shape index (κ1) is 14.5. The van der Waals surface area contributed by atoms with Gasteiger partial charge in [0.1, 0.15) is 0 Å². The highest BCUT2D eigenvalue weighted by Crippen LogP contribution is 2.18. The molecule has 1 amide bonds. The Morgan fingerprint density at radius 3 is 2.47 bits per heavy atom. The summed E-state index contributed by atoms with van der Waals surface area (Å²) in [5.74, 6) is 0.0961. The van der Waals surface area contributed by atoms with Gasteiger partial charge < -0.3 is 16.4 Å². The van der Waals surface area contributed by atoms with Crippen molar-refractivity contribution in [3.63, 3.8) is 0 Å². The second-order valence-electron chi connectivity index (χ2n) is 5.36. The van der Waals surface area contributed by atoms with Crippen molar-refractivity contribution >= 4 is 5.91 Å². The van der Waals surface area contributed by atoms with E-state index in [2.05, 4.69) is 10.6 Å². The number of hydrogen-bond donors (Lipinski definition) is 3. The Bertz CT molecular complexity index is 225. The van der Waals surface area contributed by atoms with E-state index in [9.17, 15) is 4.79 Å². The summed E-state index contributed by atoms with van der Waals surface area (Å²) in [4.78, 5) is 11.7. The van der Waals surface area contributed by atoms with Gasteiger partial charge in [-0.25, -0.2) is 0 Å². The van der Waals surface area contributed by atoms with Gasteiger partial charge in [0.25, 0.3) is 0 Å². The quantitative estimate of drug-likeness (QED) is 0.653. The summed E-state index contributed by atoms with van der Waals surface area (Å²) in [6.45, 7) is 4.48. The van der Waals surface area contributed by atoms with Crippen LogP contribution in [-0.2, 0) is 4.79 Å². The van der Waals surface area contributed by atoms with Gasteiger partial charge in [-0.1, -0.05) is 19.3 Å². The molecule has 0 saturated heterocycles. The molecule has 0 spiro atoms. The second-order valence-corrected chi connectivity index (χ2v) is 5.36. The van der Waals surface area contributed by atoms with Crippen LogP contribution in [0.1, 0.15) is 52.4 Å². The molecule has 0 aliphatic heterocycles. The highest BCUT2D eigenvalue weighted by molar-refractivity contribution is 5.76. The van der Waals surface area contributed by atoms with Crippen LogP contribution in [0.2, 0.25) is 0 Å². The lowest BCUT2D eigenvalue weighted by atomic mass is 9.94. The van der Waals surface area contributed by atoms with E-state index in [1.54, 1.807) is 0 Å². The summed E-state index contributed by atoms with van der Waals surface area (Å²) < 4.78 is 0. The highest BCUT2D eigenvalue weighted by Gasteiger charge is 2.19. The summed E-state index contributed by atoms with van der Waals surface area (Å²) in [5, 5.41) is 6.43. The fourth-order valence-electron chi connectivity index (χ4n) is 2.42. The van der Waals surface area contributed by atoms with Crippen LogP contribution < -0.4 is 16.4 Å². The molecule has 4 nitrogen and oxygen atoms in total. The molecule has 4 heteroatoms. The van der Waals surface area contributed by atoms with E-state index in [-0.39, 0.29) is 18.0 Å². The number of carbonyl (C=O) groups excluding carboxylic acids is 1. The minimum absolute atomic E-state index is 0.0961. The maximum Gasteiger partial charge on any atom is 0.221 e. The Kier molecular flexibility index (Phi) is 6.52. The summed E-state index contributed by atoms with van der Waals surface area (Å²) in [7, 11) is 0. The molecule has 1 unspecified atom stereocenters. The first-order valence-electron chi connectivity index (χ1n) is 6.87. The lowest BCUT2D eigenvalue weighted by molar-refractivity contribution is -0.122. The van der Waals surface area contributed by atoms with Crippen molar-refractivity contribution in [2.75, 3.05) is 6.54 Å². The maximum absolute atomic E-state index is 11.7. The van der Waals surface area contributed by atoms with E-state index < -0.39 is 0 Å². The molecule has 1 aliphatic rings. The zero-order valence-corrected chi connectivity index (χ0v) is 11.2. The minimum atomic E-state index is 0.0961. The largest absolute Gasteiger partial charge is 0.354 e. The fraction of sp³-hybridized carbons (Fsp3) is 0.923. The molecular weight excluding hydrogens is 214 g/mol. The number of amides is 1. The molecule has 17 heavy (non-hydrogen) atoms. The van der Waals surface area contributed by atoms with Crippen molar-refractivity contribution in [3.05, 3.63) is 0 Å². The van der Waals surface area contributed by atoms with E-state index in [1.807, 2.05) is 13.8 Å². The fourth-order valence-corrected chi connectivity index (χ4v) is 2.42. The molecular formula is C13H27N3O. The average Bonchev–Trinajstić information content (AvgIpc) is 2.28. The van der Waals surface area contributed by atoms with Crippen molar-refractivity contribution in [2.24, 2.45) is 5.73 Å². The molecule has 1 aliphatic carbocycles. The topological polar surface area (TPSA) is 67.2 Å². The molecule has 0 radical (unpaired) electrons. The second kappa shape index (κ2) is 7.67. The van der Waals surface area contributed by atoms with Gasteiger partial charge in [-0.3, -0.25) is 4.79 Å². The lowest BCUT2D eigenvalue weighted by Crippen LogP contribution is -2.46. The van der Waals surface area contributed by atoms with Crippen LogP contribution in [0.15, 0.2) is 0 Å². The molecule has 1 atom stereocenters. The molecule has 0 aromatic heterocycles. The van der Waals surface area contributed by atoms with Crippen LogP contribution >= 0.6 is 0 Å².